The van der Waals surface area contributed by atoms with Gasteiger partial charge < -0.3 is 21.3 Å². The largest absolute Gasteiger partial charge is 0.478 e. The van der Waals surface area contributed by atoms with Crippen LogP contribution in [0.2, 0.25) is 0 Å². The monoisotopic (exact) mass is 308 g/mol. The van der Waals surface area contributed by atoms with Gasteiger partial charge in [-0.3, -0.25) is 4.79 Å². The van der Waals surface area contributed by atoms with Crippen LogP contribution >= 0.6 is 0 Å². The lowest BCUT2D eigenvalue weighted by Gasteiger charge is -2.30. The molecule has 5 N–H and O–H groups in total. The molecule has 22 heavy (non-hydrogen) atoms. The highest BCUT2D eigenvalue weighted by Gasteiger charge is 2.43. The number of nitrogens with two attached hydrogens (primary N) is 1. The average Bonchev–Trinajstić information content (AvgIpc) is 2.48. The smallest absolute Gasteiger partial charge is 0.358 e. The first kappa shape index (κ1) is 18.1. The molecular weight excluding hydrogens is 284 g/mol. The number of carbonyl (C=O) groups is 2. The number of carbonyl (C=O) groups excluding carboxylic acids is 1. The number of carboxylic acids is 1. The van der Waals surface area contributed by atoms with Gasteiger partial charge in [0.1, 0.15) is 0 Å². The lowest BCUT2D eigenvalue weighted by molar-refractivity contribution is -0.168. The molecule has 0 saturated carbocycles. The molecule has 0 spiro atoms. The van der Waals surface area contributed by atoms with Crippen molar-refractivity contribution in [1.29, 1.82) is 0 Å². The van der Waals surface area contributed by atoms with Crippen LogP contribution in [-0.2, 0) is 16.0 Å². The van der Waals surface area contributed by atoms with Gasteiger partial charge in [-0.1, -0.05) is 43.7 Å². The Hall–Kier alpha value is -1.92. The molecule has 1 amide bonds. The molecule has 1 unspecified atom stereocenters. The number of hydrogen-bond donors (Lipinski definition) is 4. The molecule has 0 heterocycles. The fourth-order valence-electron chi connectivity index (χ4n) is 2.20. The van der Waals surface area contributed by atoms with Crippen molar-refractivity contribution >= 4 is 11.9 Å². The Morgan fingerprint density at radius 3 is 2.50 bits per heavy atom. The molecule has 1 aromatic carbocycles. The molecule has 0 fully saturated rings. The minimum atomic E-state index is -2.42. The standard InChI is InChI=1S/C16H24N2O4/c1-2-7-13(17)16(22,15(20)21)18-14(19)11-6-10-12-8-4-3-5-9-12/h3-5,8-9,13,22H,2,6-7,10-11,17H2,1H3,(H,18,19)(H,20,21)/t13-,16?/m1/s1. The molecular formula is C16H24N2O4. The summed E-state index contributed by atoms with van der Waals surface area (Å²) in [5.41, 5.74) is 4.37. The van der Waals surface area contributed by atoms with Crippen LogP contribution < -0.4 is 11.1 Å². The van der Waals surface area contributed by atoms with Gasteiger partial charge in [0.25, 0.3) is 5.72 Å². The molecule has 1 rings (SSSR count). The summed E-state index contributed by atoms with van der Waals surface area (Å²) in [5, 5.41) is 21.4. The second-order valence-corrected chi connectivity index (χ2v) is 5.35. The first-order chi connectivity index (χ1) is 10.4. The van der Waals surface area contributed by atoms with Crippen molar-refractivity contribution in [1.82, 2.24) is 5.32 Å². The van der Waals surface area contributed by atoms with Crippen molar-refractivity contribution in [2.24, 2.45) is 5.73 Å². The lowest BCUT2D eigenvalue weighted by atomic mass is 9.99. The van der Waals surface area contributed by atoms with Gasteiger partial charge in [0.2, 0.25) is 5.91 Å². The maximum absolute atomic E-state index is 11.9. The van der Waals surface area contributed by atoms with E-state index in [1.165, 1.54) is 0 Å². The summed E-state index contributed by atoms with van der Waals surface area (Å²) in [5.74, 6) is -2.06. The zero-order valence-electron chi connectivity index (χ0n) is 12.8. The molecule has 0 bridgehead atoms. The Balaban J connectivity index is 2.52. The quantitative estimate of drug-likeness (QED) is 0.509. The molecule has 0 aliphatic carbocycles. The Kier molecular flexibility index (Phi) is 7.01. The second kappa shape index (κ2) is 8.51. The maximum atomic E-state index is 11.9. The minimum Gasteiger partial charge on any atom is -0.478 e. The Morgan fingerprint density at radius 1 is 1.32 bits per heavy atom. The molecule has 6 heteroatoms. The number of aryl methyl sites for hydroxylation is 1. The average molecular weight is 308 g/mol. The van der Waals surface area contributed by atoms with Gasteiger partial charge in [-0.05, 0) is 24.8 Å². The van der Waals surface area contributed by atoms with Crippen LogP contribution in [0.25, 0.3) is 0 Å². The molecule has 2 atom stereocenters. The molecule has 0 aliphatic rings. The summed E-state index contributed by atoms with van der Waals surface area (Å²) in [7, 11) is 0. The van der Waals surface area contributed by atoms with Crippen molar-refractivity contribution < 1.29 is 19.8 Å². The zero-order valence-corrected chi connectivity index (χ0v) is 12.8. The third kappa shape index (κ3) is 5.13. The fourth-order valence-corrected chi connectivity index (χ4v) is 2.20. The summed E-state index contributed by atoms with van der Waals surface area (Å²) in [6.45, 7) is 1.82. The SMILES string of the molecule is CCC[C@@H](N)C(O)(NC(=O)CCCc1ccccc1)C(=O)O. The second-order valence-electron chi connectivity index (χ2n) is 5.35. The van der Waals surface area contributed by atoms with E-state index in [-0.39, 0.29) is 6.42 Å². The Bertz CT molecular complexity index is 492. The van der Waals surface area contributed by atoms with Crippen LogP contribution in [0.5, 0.6) is 0 Å². The minimum absolute atomic E-state index is 0.128. The van der Waals surface area contributed by atoms with Gasteiger partial charge >= 0.3 is 5.97 Å². The van der Waals surface area contributed by atoms with Crippen LogP contribution in [0.15, 0.2) is 30.3 Å². The van der Waals surface area contributed by atoms with E-state index in [2.05, 4.69) is 5.32 Å². The van der Waals surface area contributed by atoms with Gasteiger partial charge in [-0.2, -0.15) is 0 Å². The first-order valence-corrected chi connectivity index (χ1v) is 7.46. The fraction of sp³-hybridized carbons (Fsp3) is 0.500. The topological polar surface area (TPSA) is 113 Å². The van der Waals surface area contributed by atoms with E-state index in [4.69, 9.17) is 10.8 Å². The van der Waals surface area contributed by atoms with Crippen LogP contribution in [0.1, 0.15) is 38.2 Å². The zero-order chi connectivity index (χ0) is 16.6. The maximum Gasteiger partial charge on any atom is 0.358 e. The number of amides is 1. The molecule has 0 radical (unpaired) electrons. The summed E-state index contributed by atoms with van der Waals surface area (Å²) >= 11 is 0. The van der Waals surface area contributed by atoms with E-state index in [0.29, 0.717) is 25.7 Å². The molecule has 0 aliphatic heterocycles. The van der Waals surface area contributed by atoms with Crippen molar-refractivity contribution in [3.8, 4) is 0 Å². The summed E-state index contributed by atoms with van der Waals surface area (Å²) in [6.07, 6.45) is 2.31. The summed E-state index contributed by atoms with van der Waals surface area (Å²) in [4.78, 5) is 23.1. The van der Waals surface area contributed by atoms with Gasteiger partial charge in [0.15, 0.2) is 0 Å². The molecule has 1 aromatic rings. The normalized spacial score (nSPS) is 14.9. The number of aliphatic carboxylic acids is 1. The lowest BCUT2D eigenvalue weighted by Crippen LogP contribution is -2.65. The third-order valence-electron chi connectivity index (χ3n) is 3.50. The highest BCUT2D eigenvalue weighted by Crippen LogP contribution is 2.12. The number of carboxylic acid groups (broad SMARTS) is 1. The van der Waals surface area contributed by atoms with Crippen LogP contribution in [-0.4, -0.2) is 33.9 Å². The molecule has 0 saturated heterocycles. The third-order valence-corrected chi connectivity index (χ3v) is 3.50. The number of aliphatic hydroxyl groups is 1. The van der Waals surface area contributed by atoms with Gasteiger partial charge in [-0.15, -0.1) is 0 Å². The van der Waals surface area contributed by atoms with E-state index in [0.717, 1.165) is 5.56 Å². The van der Waals surface area contributed by atoms with Crippen molar-refractivity contribution in [3.05, 3.63) is 35.9 Å². The summed E-state index contributed by atoms with van der Waals surface area (Å²) in [6, 6.07) is 8.63. The number of hydrogen-bond acceptors (Lipinski definition) is 4. The van der Waals surface area contributed by atoms with E-state index in [1.54, 1.807) is 0 Å². The van der Waals surface area contributed by atoms with Crippen molar-refractivity contribution in [2.45, 2.75) is 50.8 Å². The van der Waals surface area contributed by atoms with Gasteiger partial charge in [0, 0.05) is 6.42 Å². The van der Waals surface area contributed by atoms with E-state index >= 15 is 0 Å². The van der Waals surface area contributed by atoms with E-state index in [9.17, 15) is 14.7 Å². The Morgan fingerprint density at radius 2 is 1.95 bits per heavy atom. The first-order valence-electron chi connectivity index (χ1n) is 7.46. The number of nitrogens with one attached hydrogen (secondary N) is 1. The Labute approximate surface area is 130 Å². The summed E-state index contributed by atoms with van der Waals surface area (Å²) < 4.78 is 0. The molecule has 6 nitrogen and oxygen atoms in total. The highest BCUT2D eigenvalue weighted by atomic mass is 16.4. The van der Waals surface area contributed by atoms with Crippen molar-refractivity contribution in [2.75, 3.05) is 0 Å². The van der Waals surface area contributed by atoms with Crippen LogP contribution in [0.4, 0.5) is 0 Å². The van der Waals surface area contributed by atoms with E-state index < -0.39 is 23.6 Å². The van der Waals surface area contributed by atoms with Gasteiger partial charge in [-0.25, -0.2) is 4.79 Å². The molecule has 122 valence electrons. The van der Waals surface area contributed by atoms with Crippen LogP contribution in [0.3, 0.4) is 0 Å². The van der Waals surface area contributed by atoms with E-state index in [1.807, 2.05) is 37.3 Å². The predicted molar refractivity (Wildman–Crippen MR) is 83.0 cm³/mol. The number of benzene rings is 1. The van der Waals surface area contributed by atoms with Gasteiger partial charge in [0.05, 0.1) is 6.04 Å². The van der Waals surface area contributed by atoms with Crippen molar-refractivity contribution in [3.63, 3.8) is 0 Å². The van der Waals surface area contributed by atoms with Crippen LogP contribution in [0, 0.1) is 0 Å². The predicted octanol–water partition coefficient (Wildman–Crippen LogP) is 1.03. The number of rotatable bonds is 9. The molecule has 0 aromatic heterocycles. The highest BCUT2D eigenvalue weighted by molar-refractivity contribution is 5.86.